The van der Waals surface area contributed by atoms with E-state index in [4.69, 9.17) is 4.74 Å². The van der Waals surface area contributed by atoms with Crippen LogP contribution in [0.2, 0.25) is 0 Å². The van der Waals surface area contributed by atoms with Gasteiger partial charge in [0.2, 0.25) is 5.91 Å². The number of β-lactam (4-membered cyclic amide) rings is 1. The third-order valence-corrected chi connectivity index (χ3v) is 6.71. The minimum Gasteiger partial charge on any atom is -0.464 e. The molecule has 3 aromatic carbocycles. The van der Waals surface area contributed by atoms with Gasteiger partial charge in [0.15, 0.2) is 0 Å². The number of benzene rings is 3. The lowest BCUT2D eigenvalue weighted by Crippen LogP contribution is -2.74. The molecule has 0 bridgehead atoms. The average molecular weight is 495 g/mol. The van der Waals surface area contributed by atoms with Gasteiger partial charge < -0.3 is 9.64 Å². The van der Waals surface area contributed by atoms with Crippen LogP contribution in [0.4, 0.5) is 0 Å². The normalized spacial score (nSPS) is 19.6. The molecular formula is C30H26N2O5. The van der Waals surface area contributed by atoms with Crippen LogP contribution in [0.5, 0.6) is 0 Å². The van der Waals surface area contributed by atoms with Crippen LogP contribution in [-0.4, -0.2) is 58.2 Å². The highest BCUT2D eigenvalue weighted by molar-refractivity contribution is 6.23. The van der Waals surface area contributed by atoms with E-state index >= 15 is 0 Å². The van der Waals surface area contributed by atoms with Gasteiger partial charge in [0.05, 0.1) is 23.8 Å². The predicted molar refractivity (Wildman–Crippen MR) is 137 cm³/mol. The Bertz CT molecular complexity index is 1330. The van der Waals surface area contributed by atoms with E-state index in [-0.39, 0.29) is 24.2 Å². The smallest absolute Gasteiger partial charge is 0.329 e. The van der Waals surface area contributed by atoms with Crippen molar-refractivity contribution in [3.63, 3.8) is 0 Å². The fourth-order valence-corrected chi connectivity index (χ4v) is 4.94. The van der Waals surface area contributed by atoms with Gasteiger partial charge in [0.1, 0.15) is 12.1 Å². The molecule has 1 saturated heterocycles. The Balaban J connectivity index is 1.52. The molecule has 3 amide bonds. The number of ether oxygens (including phenoxy) is 1. The van der Waals surface area contributed by atoms with E-state index in [0.29, 0.717) is 0 Å². The quantitative estimate of drug-likeness (QED) is 0.271. The molecule has 37 heavy (non-hydrogen) atoms. The third kappa shape index (κ3) is 4.44. The van der Waals surface area contributed by atoms with Crippen molar-refractivity contribution in [2.45, 2.75) is 31.5 Å². The summed E-state index contributed by atoms with van der Waals surface area (Å²) in [6, 6.07) is 22.7. The number of fused-ring (bicyclic) bond motifs is 1. The lowest BCUT2D eigenvalue weighted by Gasteiger charge is -2.51. The number of hydrogen-bond donors (Lipinski definition) is 0. The maximum Gasteiger partial charge on any atom is 0.329 e. The van der Waals surface area contributed by atoms with Crippen molar-refractivity contribution < 1.29 is 23.9 Å². The van der Waals surface area contributed by atoms with Crippen LogP contribution < -0.4 is 0 Å². The first-order valence-corrected chi connectivity index (χ1v) is 12.2. The van der Waals surface area contributed by atoms with Gasteiger partial charge >= 0.3 is 5.97 Å². The van der Waals surface area contributed by atoms with Crippen molar-refractivity contribution in [1.82, 2.24) is 9.80 Å². The number of hydrogen-bond acceptors (Lipinski definition) is 5. The third-order valence-electron chi connectivity index (χ3n) is 6.71. The standard InChI is InChI=1S/C30H26N2O5/c1-2-37-30(36)25(19-21-13-7-4-8-14-21)31-24(18-17-20-11-5-3-6-12-20)26(29(31)35)32-27(33)22-15-9-10-16-23(22)28(32)34/h3-18,24-26H,2,19H2,1H3/b18-17+. The number of nitrogens with zero attached hydrogens (tertiary/aromatic N) is 2. The van der Waals surface area contributed by atoms with Crippen molar-refractivity contribution in [2.24, 2.45) is 0 Å². The van der Waals surface area contributed by atoms with E-state index in [1.165, 1.54) is 4.90 Å². The second-order valence-corrected chi connectivity index (χ2v) is 8.93. The maximum atomic E-state index is 13.7. The minimum absolute atomic E-state index is 0.165. The Hall–Kier alpha value is -4.52. The number of esters is 1. The summed E-state index contributed by atoms with van der Waals surface area (Å²) in [6.45, 7) is 1.88. The summed E-state index contributed by atoms with van der Waals surface area (Å²) in [6.07, 6.45) is 3.86. The molecule has 2 heterocycles. The summed E-state index contributed by atoms with van der Waals surface area (Å²) in [5.41, 5.74) is 2.30. The number of carbonyl (C=O) groups is 4. The van der Waals surface area contributed by atoms with Crippen molar-refractivity contribution in [3.8, 4) is 0 Å². The van der Waals surface area contributed by atoms with Gasteiger partial charge in [-0.2, -0.15) is 0 Å². The fraction of sp³-hybridized carbons (Fsp3) is 0.200. The Morgan fingerprint density at radius 3 is 2.03 bits per heavy atom. The lowest BCUT2D eigenvalue weighted by molar-refractivity contribution is -0.168. The summed E-state index contributed by atoms with van der Waals surface area (Å²) in [7, 11) is 0. The Labute approximate surface area is 215 Å². The molecule has 0 aromatic heterocycles. The number of rotatable bonds is 8. The number of carbonyl (C=O) groups excluding carboxylic acids is 4. The molecule has 1 fully saturated rings. The zero-order valence-corrected chi connectivity index (χ0v) is 20.3. The number of amides is 3. The first-order valence-electron chi connectivity index (χ1n) is 12.2. The molecule has 0 radical (unpaired) electrons. The van der Waals surface area contributed by atoms with Gasteiger partial charge in [0, 0.05) is 6.42 Å². The van der Waals surface area contributed by atoms with E-state index in [0.717, 1.165) is 16.0 Å². The lowest BCUT2D eigenvalue weighted by atomic mass is 9.88. The number of imide groups is 1. The van der Waals surface area contributed by atoms with Crippen LogP contribution >= 0.6 is 0 Å². The maximum absolute atomic E-state index is 13.7. The number of likely N-dealkylation sites (tertiary alicyclic amines) is 1. The fourth-order valence-electron chi connectivity index (χ4n) is 4.94. The molecule has 3 aromatic rings. The van der Waals surface area contributed by atoms with Crippen molar-refractivity contribution >= 4 is 29.8 Å². The Morgan fingerprint density at radius 1 is 0.865 bits per heavy atom. The summed E-state index contributed by atoms with van der Waals surface area (Å²) in [5.74, 6) is -2.01. The molecule has 5 rings (SSSR count). The largest absolute Gasteiger partial charge is 0.464 e. The first-order chi connectivity index (χ1) is 18.0. The summed E-state index contributed by atoms with van der Waals surface area (Å²) in [5, 5.41) is 0. The Kier molecular flexibility index (Phi) is 6.68. The van der Waals surface area contributed by atoms with Gasteiger partial charge in [0.25, 0.3) is 11.8 Å². The van der Waals surface area contributed by atoms with Crippen LogP contribution in [0.1, 0.15) is 38.8 Å². The molecule has 0 saturated carbocycles. The minimum atomic E-state index is -1.06. The van der Waals surface area contributed by atoms with Gasteiger partial charge in [-0.25, -0.2) is 4.79 Å². The van der Waals surface area contributed by atoms with Crippen LogP contribution in [0, 0.1) is 0 Å². The van der Waals surface area contributed by atoms with Crippen molar-refractivity contribution in [1.29, 1.82) is 0 Å². The van der Waals surface area contributed by atoms with Gasteiger partial charge in [-0.3, -0.25) is 19.3 Å². The molecule has 2 aliphatic rings. The Morgan fingerprint density at radius 2 is 1.43 bits per heavy atom. The van der Waals surface area contributed by atoms with Crippen LogP contribution in [-0.2, 0) is 20.7 Å². The topological polar surface area (TPSA) is 84.0 Å². The summed E-state index contributed by atoms with van der Waals surface area (Å²) < 4.78 is 5.34. The monoisotopic (exact) mass is 494 g/mol. The molecule has 0 N–H and O–H groups in total. The van der Waals surface area contributed by atoms with Gasteiger partial charge in [-0.05, 0) is 30.2 Å². The van der Waals surface area contributed by atoms with Crippen molar-refractivity contribution in [3.05, 3.63) is 113 Å². The SMILES string of the molecule is CCOC(=O)C(Cc1ccccc1)N1C(=O)C(N2C(=O)c3ccccc3C2=O)C1/C=C/c1ccccc1. The molecule has 7 nitrogen and oxygen atoms in total. The first kappa shape index (κ1) is 24.2. The zero-order chi connectivity index (χ0) is 25.9. The molecule has 0 aliphatic carbocycles. The highest BCUT2D eigenvalue weighted by Crippen LogP contribution is 2.36. The predicted octanol–water partition coefficient (Wildman–Crippen LogP) is 3.75. The van der Waals surface area contributed by atoms with Crippen LogP contribution in [0.25, 0.3) is 6.08 Å². The van der Waals surface area contributed by atoms with E-state index in [1.807, 2.05) is 66.7 Å². The van der Waals surface area contributed by atoms with Crippen LogP contribution in [0.3, 0.4) is 0 Å². The second kappa shape index (κ2) is 10.2. The van der Waals surface area contributed by atoms with E-state index < -0.39 is 41.8 Å². The highest BCUT2D eigenvalue weighted by atomic mass is 16.5. The molecule has 3 unspecified atom stereocenters. The molecule has 2 aliphatic heterocycles. The molecule has 3 atom stereocenters. The molecule has 0 spiro atoms. The van der Waals surface area contributed by atoms with Crippen molar-refractivity contribution in [2.75, 3.05) is 6.61 Å². The molecular weight excluding hydrogens is 468 g/mol. The van der Waals surface area contributed by atoms with E-state index in [1.54, 1.807) is 37.3 Å². The van der Waals surface area contributed by atoms with Gasteiger partial charge in [-0.1, -0.05) is 84.9 Å². The second-order valence-electron chi connectivity index (χ2n) is 8.93. The average Bonchev–Trinajstić information content (AvgIpc) is 3.17. The molecule has 186 valence electrons. The van der Waals surface area contributed by atoms with Crippen LogP contribution in [0.15, 0.2) is 91.0 Å². The van der Waals surface area contributed by atoms with Gasteiger partial charge in [-0.15, -0.1) is 0 Å². The molecule has 7 heteroatoms. The zero-order valence-electron chi connectivity index (χ0n) is 20.3. The van der Waals surface area contributed by atoms with E-state index in [2.05, 4.69) is 0 Å². The summed E-state index contributed by atoms with van der Waals surface area (Å²) >= 11 is 0. The van der Waals surface area contributed by atoms with E-state index in [9.17, 15) is 19.2 Å². The summed E-state index contributed by atoms with van der Waals surface area (Å²) in [4.78, 5) is 55.7. The highest BCUT2D eigenvalue weighted by Gasteiger charge is 2.58.